The number of anilines is 2. The normalized spacial score (nSPS) is 11.2. The number of benzene rings is 1. The first-order chi connectivity index (χ1) is 15.0. The van der Waals surface area contributed by atoms with E-state index in [2.05, 4.69) is 25.5 Å². The third-order valence-electron chi connectivity index (χ3n) is 4.32. The predicted molar refractivity (Wildman–Crippen MR) is 124 cm³/mol. The molecule has 0 aliphatic carbocycles. The second-order valence-electron chi connectivity index (χ2n) is 7.02. The smallest absolute Gasteiger partial charge is 0.230 e. The Morgan fingerprint density at radius 1 is 1.23 bits per heavy atom. The van der Waals surface area contributed by atoms with E-state index < -0.39 is 0 Å². The summed E-state index contributed by atoms with van der Waals surface area (Å²) in [5.41, 5.74) is 8.25. The standard InChI is InChI=1S/C20H21N7O2S2/c1-27(2)7-8-29-15-11-22-6-5-13(15)18-25-26-20(31-18)24-17(28)10-12-3-4-14-16(9-12)30-19(21)23-14/h3-6,9,11H,7-8,10H2,1-2H3,(H2,21,23)(H,24,26,28). The van der Waals surface area contributed by atoms with Gasteiger partial charge in [-0.1, -0.05) is 28.7 Å². The van der Waals surface area contributed by atoms with Crippen LogP contribution in [0.5, 0.6) is 5.75 Å². The number of likely N-dealkylation sites (N-methyl/N-ethyl adjacent to an activating group) is 1. The van der Waals surface area contributed by atoms with E-state index in [1.807, 2.05) is 43.3 Å². The zero-order chi connectivity index (χ0) is 21.8. The molecule has 31 heavy (non-hydrogen) atoms. The van der Waals surface area contributed by atoms with Crippen molar-refractivity contribution >= 4 is 49.1 Å². The van der Waals surface area contributed by atoms with Crippen LogP contribution in [0.25, 0.3) is 20.8 Å². The predicted octanol–water partition coefficient (Wildman–Crippen LogP) is 2.91. The monoisotopic (exact) mass is 455 g/mol. The molecule has 3 N–H and O–H groups in total. The first-order valence-corrected chi connectivity index (χ1v) is 11.1. The number of fused-ring (bicyclic) bond motifs is 1. The Balaban J connectivity index is 1.42. The van der Waals surface area contributed by atoms with Gasteiger partial charge in [-0.25, -0.2) is 4.98 Å². The third-order valence-corrected chi connectivity index (χ3v) is 6.04. The highest BCUT2D eigenvalue weighted by molar-refractivity contribution is 7.22. The molecule has 0 atom stereocenters. The van der Waals surface area contributed by atoms with Crippen molar-refractivity contribution in [1.29, 1.82) is 0 Å². The van der Waals surface area contributed by atoms with E-state index in [9.17, 15) is 4.79 Å². The van der Waals surface area contributed by atoms with Crippen LogP contribution in [-0.2, 0) is 11.2 Å². The molecule has 0 bridgehead atoms. The summed E-state index contributed by atoms with van der Waals surface area (Å²) in [6, 6.07) is 7.51. The topological polar surface area (TPSA) is 119 Å². The van der Waals surface area contributed by atoms with Gasteiger partial charge in [0.15, 0.2) is 10.1 Å². The lowest BCUT2D eigenvalue weighted by Crippen LogP contribution is -2.19. The molecule has 1 aromatic carbocycles. The summed E-state index contributed by atoms with van der Waals surface area (Å²) in [5, 5.41) is 12.7. The summed E-state index contributed by atoms with van der Waals surface area (Å²) in [6.45, 7) is 1.32. The van der Waals surface area contributed by atoms with Gasteiger partial charge in [-0.05, 0) is 37.9 Å². The number of rotatable bonds is 8. The summed E-state index contributed by atoms with van der Waals surface area (Å²) < 4.78 is 6.80. The van der Waals surface area contributed by atoms with Crippen molar-refractivity contribution in [3.8, 4) is 16.3 Å². The molecule has 3 heterocycles. The van der Waals surface area contributed by atoms with Gasteiger partial charge in [0.25, 0.3) is 0 Å². The number of hydrogen-bond donors (Lipinski definition) is 2. The molecule has 4 rings (SSSR count). The van der Waals surface area contributed by atoms with E-state index in [-0.39, 0.29) is 12.3 Å². The van der Waals surface area contributed by atoms with Crippen LogP contribution >= 0.6 is 22.7 Å². The van der Waals surface area contributed by atoms with Gasteiger partial charge < -0.3 is 20.7 Å². The molecule has 0 saturated carbocycles. The fourth-order valence-corrected chi connectivity index (χ4v) is 4.43. The number of amides is 1. The van der Waals surface area contributed by atoms with E-state index >= 15 is 0 Å². The Kier molecular flexibility index (Phi) is 6.35. The molecule has 4 aromatic rings. The van der Waals surface area contributed by atoms with Crippen LogP contribution in [0.4, 0.5) is 10.3 Å². The van der Waals surface area contributed by atoms with Gasteiger partial charge in [0.2, 0.25) is 11.0 Å². The van der Waals surface area contributed by atoms with Gasteiger partial charge in [0, 0.05) is 12.7 Å². The van der Waals surface area contributed by atoms with Crippen molar-refractivity contribution in [2.75, 3.05) is 38.3 Å². The van der Waals surface area contributed by atoms with Gasteiger partial charge in [-0.2, -0.15) is 0 Å². The minimum Gasteiger partial charge on any atom is -0.490 e. The molecule has 1 amide bonds. The maximum atomic E-state index is 12.5. The summed E-state index contributed by atoms with van der Waals surface area (Å²) >= 11 is 2.69. The minimum atomic E-state index is -0.170. The Labute approximate surface area is 186 Å². The van der Waals surface area contributed by atoms with Crippen molar-refractivity contribution in [1.82, 2.24) is 25.1 Å². The van der Waals surface area contributed by atoms with Gasteiger partial charge in [0.1, 0.15) is 12.4 Å². The number of nitrogens with two attached hydrogens (primary N) is 1. The van der Waals surface area contributed by atoms with Crippen LogP contribution < -0.4 is 15.8 Å². The lowest BCUT2D eigenvalue weighted by Gasteiger charge is -2.12. The molecule has 0 aliphatic heterocycles. The van der Waals surface area contributed by atoms with Gasteiger partial charge >= 0.3 is 0 Å². The van der Waals surface area contributed by atoms with Crippen molar-refractivity contribution < 1.29 is 9.53 Å². The third kappa shape index (κ3) is 5.32. The molecule has 3 aromatic heterocycles. The molecule has 160 valence electrons. The van der Waals surface area contributed by atoms with Crippen LogP contribution in [-0.4, -0.2) is 58.2 Å². The van der Waals surface area contributed by atoms with E-state index in [0.29, 0.717) is 27.6 Å². The molecule has 9 nitrogen and oxygen atoms in total. The lowest BCUT2D eigenvalue weighted by molar-refractivity contribution is -0.115. The minimum absolute atomic E-state index is 0.170. The maximum absolute atomic E-state index is 12.5. The van der Waals surface area contributed by atoms with E-state index in [0.717, 1.165) is 27.9 Å². The summed E-state index contributed by atoms with van der Waals surface area (Å²) in [5.74, 6) is 0.465. The van der Waals surface area contributed by atoms with Crippen LogP contribution in [0.3, 0.4) is 0 Å². The van der Waals surface area contributed by atoms with Crippen LogP contribution in [0.2, 0.25) is 0 Å². The Bertz CT molecular complexity index is 1210. The molecular weight excluding hydrogens is 434 g/mol. The Morgan fingerprint density at radius 2 is 2.10 bits per heavy atom. The molecule has 0 unspecified atom stereocenters. The zero-order valence-corrected chi connectivity index (χ0v) is 18.7. The summed E-state index contributed by atoms with van der Waals surface area (Å²) in [6.07, 6.45) is 3.56. The van der Waals surface area contributed by atoms with Crippen molar-refractivity contribution in [3.63, 3.8) is 0 Å². The number of thiazole rings is 1. The highest BCUT2D eigenvalue weighted by atomic mass is 32.1. The van der Waals surface area contributed by atoms with Gasteiger partial charge in [-0.15, -0.1) is 10.2 Å². The highest BCUT2D eigenvalue weighted by Gasteiger charge is 2.14. The van der Waals surface area contributed by atoms with Crippen molar-refractivity contribution in [3.05, 3.63) is 42.2 Å². The first kappa shape index (κ1) is 21.1. The summed E-state index contributed by atoms with van der Waals surface area (Å²) in [4.78, 5) is 22.9. The second-order valence-corrected chi connectivity index (χ2v) is 9.05. The van der Waals surface area contributed by atoms with Crippen molar-refractivity contribution in [2.45, 2.75) is 6.42 Å². The average molecular weight is 456 g/mol. The second kappa shape index (κ2) is 9.33. The molecular formula is C20H21N7O2S2. The quantitative estimate of drug-likeness (QED) is 0.416. The molecule has 0 spiro atoms. The number of aromatic nitrogens is 4. The van der Waals surface area contributed by atoms with Crippen molar-refractivity contribution in [2.24, 2.45) is 0 Å². The lowest BCUT2D eigenvalue weighted by atomic mass is 10.1. The molecule has 0 saturated heterocycles. The van der Waals surface area contributed by atoms with E-state index in [1.54, 1.807) is 12.4 Å². The number of ether oxygens (including phenoxy) is 1. The fourth-order valence-electron chi connectivity index (χ4n) is 2.84. The Morgan fingerprint density at radius 3 is 2.94 bits per heavy atom. The number of carbonyl (C=O) groups is 1. The van der Waals surface area contributed by atoms with Gasteiger partial charge in [0.05, 0.1) is 28.4 Å². The number of nitrogens with zero attached hydrogens (tertiary/aromatic N) is 5. The van der Waals surface area contributed by atoms with Crippen LogP contribution in [0.15, 0.2) is 36.7 Å². The molecule has 0 fully saturated rings. The van der Waals surface area contributed by atoms with Crippen LogP contribution in [0.1, 0.15) is 5.56 Å². The highest BCUT2D eigenvalue weighted by Crippen LogP contribution is 2.33. The average Bonchev–Trinajstić information content (AvgIpc) is 3.33. The Hall–Kier alpha value is -3.15. The summed E-state index contributed by atoms with van der Waals surface area (Å²) in [7, 11) is 3.97. The number of nitrogen functional groups attached to an aromatic ring is 1. The SMILES string of the molecule is CN(C)CCOc1cnccc1-c1nnc(NC(=O)Cc2ccc3nc(N)sc3c2)s1. The fraction of sp³-hybridized carbons (Fsp3) is 0.250. The van der Waals surface area contributed by atoms with Crippen LogP contribution in [0, 0.1) is 0 Å². The number of carbonyl (C=O) groups excluding carboxylic acids is 1. The molecule has 0 radical (unpaired) electrons. The largest absolute Gasteiger partial charge is 0.490 e. The molecule has 11 heteroatoms. The maximum Gasteiger partial charge on any atom is 0.230 e. The molecule has 0 aliphatic rings. The zero-order valence-electron chi connectivity index (χ0n) is 17.0. The number of hydrogen-bond acceptors (Lipinski definition) is 10. The van der Waals surface area contributed by atoms with E-state index in [1.165, 1.54) is 22.7 Å². The number of pyridine rings is 1. The number of nitrogens with one attached hydrogen (secondary N) is 1. The van der Waals surface area contributed by atoms with E-state index in [4.69, 9.17) is 10.5 Å². The van der Waals surface area contributed by atoms with Gasteiger partial charge in [-0.3, -0.25) is 9.78 Å². The first-order valence-electron chi connectivity index (χ1n) is 9.48.